The number of halogens is 2. The minimum absolute atomic E-state index is 0.206. The molecule has 0 saturated heterocycles. The third kappa shape index (κ3) is 3.91. The van der Waals surface area contributed by atoms with Gasteiger partial charge in [-0.05, 0) is 78.6 Å². The Labute approximate surface area is 217 Å². The van der Waals surface area contributed by atoms with Crippen molar-refractivity contribution in [1.82, 2.24) is 10.3 Å². The highest BCUT2D eigenvalue weighted by Crippen LogP contribution is 2.42. The molecule has 3 N–H and O–H groups in total. The smallest absolute Gasteiger partial charge is 0.251 e. The van der Waals surface area contributed by atoms with Crippen LogP contribution in [0, 0.1) is 18.6 Å². The average molecular weight is 510 g/mol. The molecular weight excluding hydrogens is 484 g/mol. The summed E-state index contributed by atoms with van der Waals surface area (Å²) >= 11 is 0. The normalized spacial score (nSPS) is 11.7. The van der Waals surface area contributed by atoms with Crippen LogP contribution in [0.5, 0.6) is 0 Å². The first kappa shape index (κ1) is 23.9. The second-order valence-corrected chi connectivity index (χ2v) is 9.61. The minimum Gasteiger partial charge on any atom is -0.455 e. The highest BCUT2D eigenvalue weighted by Gasteiger charge is 2.20. The molecule has 0 aliphatic rings. The molecule has 0 spiro atoms. The molecule has 0 aliphatic carbocycles. The first-order valence-corrected chi connectivity index (χ1v) is 12.5. The molecule has 2 bridgehead atoms. The van der Waals surface area contributed by atoms with Crippen molar-refractivity contribution in [3.8, 4) is 11.1 Å². The fourth-order valence-electron chi connectivity index (χ4n) is 5.30. The van der Waals surface area contributed by atoms with Gasteiger partial charge < -0.3 is 15.5 Å². The van der Waals surface area contributed by atoms with Crippen LogP contribution in [-0.4, -0.2) is 10.9 Å². The van der Waals surface area contributed by atoms with Gasteiger partial charge in [-0.15, -0.1) is 0 Å². The Kier molecular flexibility index (Phi) is 5.71. The van der Waals surface area contributed by atoms with E-state index in [4.69, 9.17) is 10.2 Å². The van der Waals surface area contributed by atoms with Gasteiger partial charge in [0.2, 0.25) is 0 Å². The van der Waals surface area contributed by atoms with Crippen LogP contribution < -0.4 is 11.1 Å². The Morgan fingerprint density at radius 2 is 1.68 bits per heavy atom. The number of fused-ring (bicyclic) bond motifs is 8. The Morgan fingerprint density at radius 3 is 2.45 bits per heavy atom. The number of furan rings is 2. The van der Waals surface area contributed by atoms with Gasteiger partial charge >= 0.3 is 0 Å². The van der Waals surface area contributed by atoms with Gasteiger partial charge in [0, 0.05) is 51.0 Å². The van der Waals surface area contributed by atoms with Crippen molar-refractivity contribution in [3.05, 3.63) is 94.7 Å². The van der Waals surface area contributed by atoms with Gasteiger partial charge in [-0.3, -0.25) is 4.79 Å². The van der Waals surface area contributed by atoms with Crippen LogP contribution in [0.1, 0.15) is 40.5 Å². The summed E-state index contributed by atoms with van der Waals surface area (Å²) in [4.78, 5) is 17.5. The quantitative estimate of drug-likeness (QED) is 0.231. The lowest BCUT2D eigenvalue weighted by molar-refractivity contribution is 0.0951. The maximum atomic E-state index is 14.4. The summed E-state index contributed by atoms with van der Waals surface area (Å²) < 4.78 is 33.9. The topological polar surface area (TPSA) is 81.1 Å². The number of carbonyl (C=O) groups is 1. The third-order valence-electron chi connectivity index (χ3n) is 7.11. The summed E-state index contributed by atoms with van der Waals surface area (Å²) in [5.74, 6) is -0.972. The molecule has 0 aliphatic heterocycles. The van der Waals surface area contributed by atoms with Crippen molar-refractivity contribution < 1.29 is 18.0 Å². The lowest BCUT2D eigenvalue weighted by Crippen LogP contribution is -2.24. The van der Waals surface area contributed by atoms with Gasteiger partial charge in [-0.1, -0.05) is 19.4 Å². The summed E-state index contributed by atoms with van der Waals surface area (Å²) in [5, 5.41) is 6.47. The van der Waals surface area contributed by atoms with E-state index < -0.39 is 11.6 Å². The zero-order chi connectivity index (χ0) is 26.6. The molecule has 6 aromatic rings. The van der Waals surface area contributed by atoms with Crippen molar-refractivity contribution in [2.45, 2.75) is 33.2 Å². The molecule has 0 unspecified atom stereocenters. The van der Waals surface area contributed by atoms with E-state index in [2.05, 4.69) is 17.2 Å². The van der Waals surface area contributed by atoms with Crippen LogP contribution in [0.15, 0.2) is 65.1 Å². The molecule has 7 heteroatoms. The van der Waals surface area contributed by atoms with Gasteiger partial charge in [0.1, 0.15) is 28.6 Å². The highest BCUT2D eigenvalue weighted by atomic mass is 19.1. The number of benzene rings is 4. The molecule has 3 aromatic heterocycles. The Bertz CT molecular complexity index is 1860. The van der Waals surface area contributed by atoms with E-state index >= 15 is 0 Å². The Hall–Kier alpha value is -4.52. The van der Waals surface area contributed by atoms with Gasteiger partial charge in [0.25, 0.3) is 5.91 Å². The van der Waals surface area contributed by atoms with E-state index in [1.54, 1.807) is 12.1 Å². The third-order valence-corrected chi connectivity index (χ3v) is 7.11. The summed E-state index contributed by atoms with van der Waals surface area (Å²) in [7, 11) is 0. The largest absolute Gasteiger partial charge is 0.455 e. The minimum atomic E-state index is -0.625. The van der Waals surface area contributed by atoms with E-state index in [1.807, 2.05) is 37.3 Å². The maximum Gasteiger partial charge on any atom is 0.251 e. The average Bonchev–Trinajstić information content (AvgIpc) is 3.45. The molecule has 0 fully saturated rings. The van der Waals surface area contributed by atoms with Crippen LogP contribution >= 0.6 is 0 Å². The van der Waals surface area contributed by atoms with Gasteiger partial charge in [-0.2, -0.15) is 0 Å². The number of carbonyl (C=O) groups excluding carboxylic acids is 1. The summed E-state index contributed by atoms with van der Waals surface area (Å²) in [6.45, 7) is 4.35. The van der Waals surface area contributed by atoms with Crippen molar-refractivity contribution in [2.24, 2.45) is 0 Å². The van der Waals surface area contributed by atoms with Gasteiger partial charge in [0.15, 0.2) is 0 Å². The number of pyridine rings is 1. The predicted octanol–water partition coefficient (Wildman–Crippen LogP) is 7.29. The molecule has 5 nitrogen and oxygen atoms in total. The zero-order valence-corrected chi connectivity index (χ0v) is 21.0. The number of nitrogens with two attached hydrogens (primary N) is 1. The van der Waals surface area contributed by atoms with Gasteiger partial charge in [-0.25, -0.2) is 13.8 Å². The summed E-state index contributed by atoms with van der Waals surface area (Å²) in [5.41, 5.74) is 11.6. The molecular formula is C31H25F2N3O2. The van der Waals surface area contributed by atoms with Crippen molar-refractivity contribution >= 4 is 44.4 Å². The fourth-order valence-corrected chi connectivity index (χ4v) is 5.30. The molecule has 38 heavy (non-hydrogen) atoms. The van der Waals surface area contributed by atoms with Crippen LogP contribution in [0.25, 0.3) is 43.8 Å². The summed E-state index contributed by atoms with van der Waals surface area (Å²) in [6.07, 6.45) is 1.82. The van der Waals surface area contributed by atoms with E-state index in [1.165, 1.54) is 12.1 Å². The molecule has 6 rings (SSSR count). The number of hydrogen-bond donors (Lipinski definition) is 2. The molecule has 0 atom stereocenters. The SMILES string of the molecule is CCCc1cc(N)nc(C)c1CNC(=O)c1ccc2c(c1)c1oc2c2ccc(-c3ccc(F)cc3F)cc21. The maximum absolute atomic E-state index is 14.4. The fraction of sp³-hybridized carbons (Fsp3) is 0.161. The number of nitrogens with one attached hydrogen (secondary N) is 1. The second-order valence-electron chi connectivity index (χ2n) is 9.61. The monoisotopic (exact) mass is 509 g/mol. The lowest BCUT2D eigenvalue weighted by Gasteiger charge is -2.14. The number of nitrogens with zero attached hydrogens (tertiary/aromatic N) is 1. The van der Waals surface area contributed by atoms with E-state index in [9.17, 15) is 13.6 Å². The van der Waals surface area contributed by atoms with Crippen molar-refractivity contribution in [3.63, 3.8) is 0 Å². The first-order valence-electron chi connectivity index (χ1n) is 12.5. The summed E-state index contributed by atoms with van der Waals surface area (Å²) in [6, 6.07) is 16.4. The van der Waals surface area contributed by atoms with E-state index in [0.717, 1.165) is 62.9 Å². The number of amides is 1. The predicted molar refractivity (Wildman–Crippen MR) is 146 cm³/mol. The number of anilines is 1. The second kappa shape index (κ2) is 9.10. The molecule has 0 radical (unpaired) electrons. The van der Waals surface area contributed by atoms with E-state index in [-0.39, 0.29) is 5.91 Å². The number of hydrogen-bond acceptors (Lipinski definition) is 4. The van der Waals surface area contributed by atoms with Gasteiger partial charge in [0.05, 0.1) is 0 Å². The Morgan fingerprint density at radius 1 is 0.947 bits per heavy atom. The number of aromatic nitrogens is 1. The molecule has 0 saturated carbocycles. The molecule has 3 heterocycles. The molecule has 1 amide bonds. The number of rotatable bonds is 6. The number of aryl methyl sites for hydroxylation is 2. The first-order chi connectivity index (χ1) is 18.3. The Balaban J connectivity index is 1.34. The molecule has 3 aromatic carbocycles. The van der Waals surface area contributed by atoms with E-state index in [0.29, 0.717) is 34.6 Å². The highest BCUT2D eigenvalue weighted by molar-refractivity contribution is 6.26. The lowest BCUT2D eigenvalue weighted by atomic mass is 9.97. The molecule has 190 valence electrons. The van der Waals surface area contributed by atoms with Crippen molar-refractivity contribution in [1.29, 1.82) is 0 Å². The van der Waals surface area contributed by atoms with Crippen LogP contribution in [0.2, 0.25) is 0 Å². The van der Waals surface area contributed by atoms with Crippen LogP contribution in [0.3, 0.4) is 0 Å². The van der Waals surface area contributed by atoms with Crippen LogP contribution in [-0.2, 0) is 13.0 Å². The van der Waals surface area contributed by atoms with Crippen LogP contribution in [0.4, 0.5) is 14.6 Å². The zero-order valence-electron chi connectivity index (χ0n) is 21.0. The number of nitrogen functional groups attached to an aromatic ring is 1. The standard InChI is InChI=1S/C31H25F2N3O2/c1-3-4-17-13-28(34)36-16(2)26(17)15-35-31(37)19-6-9-23-25(12-19)30-24-11-18(5-8-22(24)29(23)38-30)21-10-7-20(32)14-27(21)33/h5-14H,3-4,15H2,1-2H3,(H2,34,36)(H,35,37). The van der Waals surface area contributed by atoms with Crippen molar-refractivity contribution in [2.75, 3.05) is 5.73 Å².